The molecule has 1 aromatic carbocycles. The summed E-state index contributed by atoms with van der Waals surface area (Å²) >= 11 is 0. The molecule has 20 heavy (non-hydrogen) atoms. The summed E-state index contributed by atoms with van der Waals surface area (Å²) in [4.78, 5) is 4.27. The molecule has 0 saturated heterocycles. The van der Waals surface area contributed by atoms with E-state index in [-0.39, 0.29) is 6.04 Å². The summed E-state index contributed by atoms with van der Waals surface area (Å²) in [6.07, 6.45) is 1.66. The molecule has 0 spiro atoms. The Morgan fingerprint density at radius 1 is 1.25 bits per heavy atom. The van der Waals surface area contributed by atoms with Crippen LogP contribution in [0.4, 0.5) is 0 Å². The topological polar surface area (TPSA) is 71.9 Å². The van der Waals surface area contributed by atoms with Crippen molar-refractivity contribution in [1.29, 1.82) is 5.26 Å². The Balaban J connectivity index is 2.28. The number of nitrogens with two attached hydrogens (primary N) is 1. The van der Waals surface area contributed by atoms with Crippen LogP contribution in [0.1, 0.15) is 35.3 Å². The van der Waals surface area contributed by atoms with Gasteiger partial charge in [0.2, 0.25) is 0 Å². The van der Waals surface area contributed by atoms with E-state index < -0.39 is 0 Å². The molecule has 0 saturated carbocycles. The molecule has 1 aromatic heterocycles. The predicted molar refractivity (Wildman–Crippen MR) is 77.5 cm³/mol. The zero-order valence-electron chi connectivity index (χ0n) is 11.8. The average Bonchev–Trinajstić information content (AvgIpc) is 2.43. The lowest BCUT2D eigenvalue weighted by atomic mass is 10.1. The van der Waals surface area contributed by atoms with Crippen LogP contribution >= 0.6 is 0 Å². The van der Waals surface area contributed by atoms with Crippen LogP contribution in [0, 0.1) is 25.2 Å². The highest BCUT2D eigenvalue weighted by molar-refractivity contribution is 5.48. The van der Waals surface area contributed by atoms with Gasteiger partial charge in [0.1, 0.15) is 11.5 Å². The van der Waals surface area contributed by atoms with E-state index in [0.717, 1.165) is 22.6 Å². The van der Waals surface area contributed by atoms with E-state index >= 15 is 0 Å². The van der Waals surface area contributed by atoms with E-state index in [1.165, 1.54) is 0 Å². The van der Waals surface area contributed by atoms with Gasteiger partial charge in [-0.15, -0.1) is 0 Å². The molecule has 0 aliphatic heterocycles. The molecule has 0 bridgehead atoms. The van der Waals surface area contributed by atoms with Gasteiger partial charge in [0.05, 0.1) is 23.5 Å². The Morgan fingerprint density at radius 3 is 2.35 bits per heavy atom. The molecule has 2 N–H and O–H groups in total. The number of aryl methyl sites for hydroxylation is 2. The standard InChI is InChI=1S/C16H17N3O/c1-10-6-13(8-17)7-11(2)16(10)20-14-4-5-15(12(3)18)19-9-14/h4-7,9,12H,18H2,1-3H3/t12-/m1/s1. The van der Waals surface area contributed by atoms with E-state index in [0.29, 0.717) is 11.3 Å². The Labute approximate surface area is 118 Å². The molecule has 4 heteroatoms. The van der Waals surface area contributed by atoms with Crippen molar-refractivity contribution < 1.29 is 4.74 Å². The first-order valence-corrected chi connectivity index (χ1v) is 6.42. The van der Waals surface area contributed by atoms with Crippen LogP contribution in [0.3, 0.4) is 0 Å². The number of rotatable bonds is 3. The number of nitrogens with zero attached hydrogens (tertiary/aromatic N) is 2. The molecule has 2 aromatic rings. The number of benzene rings is 1. The van der Waals surface area contributed by atoms with E-state index in [9.17, 15) is 0 Å². The van der Waals surface area contributed by atoms with Gasteiger partial charge >= 0.3 is 0 Å². The fourth-order valence-electron chi connectivity index (χ4n) is 2.02. The van der Waals surface area contributed by atoms with Gasteiger partial charge in [0.15, 0.2) is 0 Å². The third kappa shape index (κ3) is 2.95. The molecule has 0 amide bonds. The minimum absolute atomic E-state index is 0.0950. The fourth-order valence-corrected chi connectivity index (χ4v) is 2.02. The summed E-state index contributed by atoms with van der Waals surface area (Å²) in [6.45, 7) is 5.73. The predicted octanol–water partition coefficient (Wildman–Crippen LogP) is 3.38. The number of aromatic nitrogens is 1. The first-order valence-electron chi connectivity index (χ1n) is 6.42. The van der Waals surface area contributed by atoms with Gasteiger partial charge in [-0.2, -0.15) is 5.26 Å². The Hall–Kier alpha value is -2.38. The maximum Gasteiger partial charge on any atom is 0.145 e. The second-order valence-corrected chi connectivity index (χ2v) is 4.86. The zero-order valence-corrected chi connectivity index (χ0v) is 11.8. The summed E-state index contributed by atoms with van der Waals surface area (Å²) < 4.78 is 5.86. The van der Waals surface area contributed by atoms with Crippen LogP contribution in [0.5, 0.6) is 11.5 Å². The number of pyridine rings is 1. The molecule has 1 heterocycles. The van der Waals surface area contributed by atoms with Gasteiger partial charge in [0.25, 0.3) is 0 Å². The van der Waals surface area contributed by atoms with Crippen molar-refractivity contribution in [2.24, 2.45) is 5.73 Å². The second kappa shape index (κ2) is 5.72. The zero-order chi connectivity index (χ0) is 14.7. The fraction of sp³-hybridized carbons (Fsp3) is 0.250. The van der Waals surface area contributed by atoms with E-state index in [4.69, 9.17) is 15.7 Å². The second-order valence-electron chi connectivity index (χ2n) is 4.86. The van der Waals surface area contributed by atoms with Gasteiger partial charge in [-0.25, -0.2) is 0 Å². The molecule has 1 atom stereocenters. The van der Waals surface area contributed by atoms with Crippen LogP contribution in [0.15, 0.2) is 30.5 Å². The molecule has 0 fully saturated rings. The normalized spacial score (nSPS) is 11.8. The van der Waals surface area contributed by atoms with E-state index in [2.05, 4.69) is 11.1 Å². The van der Waals surface area contributed by atoms with Crippen LogP contribution in [0.2, 0.25) is 0 Å². The van der Waals surface area contributed by atoms with Crippen molar-refractivity contribution in [2.75, 3.05) is 0 Å². The summed E-state index contributed by atoms with van der Waals surface area (Å²) in [5, 5.41) is 8.94. The van der Waals surface area contributed by atoms with Crippen LogP contribution < -0.4 is 10.5 Å². The van der Waals surface area contributed by atoms with Gasteiger partial charge in [-0.3, -0.25) is 4.98 Å². The highest BCUT2D eigenvalue weighted by Gasteiger charge is 2.08. The molecule has 102 valence electrons. The number of hydrogen-bond acceptors (Lipinski definition) is 4. The SMILES string of the molecule is Cc1cc(C#N)cc(C)c1Oc1ccc([C@@H](C)N)nc1. The quantitative estimate of drug-likeness (QED) is 0.925. The smallest absolute Gasteiger partial charge is 0.145 e. The number of ether oxygens (including phenoxy) is 1. The highest BCUT2D eigenvalue weighted by atomic mass is 16.5. The Bertz CT molecular complexity index is 631. The monoisotopic (exact) mass is 267 g/mol. The molecular weight excluding hydrogens is 250 g/mol. The summed E-state index contributed by atoms with van der Waals surface area (Å²) in [6, 6.07) is 9.37. The Morgan fingerprint density at radius 2 is 1.90 bits per heavy atom. The maximum absolute atomic E-state index is 8.94. The minimum atomic E-state index is -0.0950. The first-order chi connectivity index (χ1) is 9.51. The van der Waals surface area contributed by atoms with Gasteiger partial charge in [0, 0.05) is 6.04 Å². The third-order valence-corrected chi connectivity index (χ3v) is 3.04. The average molecular weight is 267 g/mol. The van der Waals surface area contributed by atoms with Crippen molar-refractivity contribution in [1.82, 2.24) is 4.98 Å². The first kappa shape index (κ1) is 14.0. The summed E-state index contributed by atoms with van der Waals surface area (Å²) in [7, 11) is 0. The summed E-state index contributed by atoms with van der Waals surface area (Å²) in [5.41, 5.74) is 9.08. The molecule has 0 aliphatic carbocycles. The lowest BCUT2D eigenvalue weighted by Gasteiger charge is -2.12. The van der Waals surface area contributed by atoms with Gasteiger partial charge in [-0.1, -0.05) is 0 Å². The van der Waals surface area contributed by atoms with Crippen molar-refractivity contribution in [3.63, 3.8) is 0 Å². The number of nitriles is 1. The molecular formula is C16H17N3O. The molecule has 0 radical (unpaired) electrons. The van der Waals surface area contributed by atoms with Crippen molar-refractivity contribution in [3.05, 3.63) is 52.8 Å². The number of hydrogen-bond donors (Lipinski definition) is 1. The Kier molecular flexibility index (Phi) is 4.02. The molecule has 4 nitrogen and oxygen atoms in total. The van der Waals surface area contributed by atoms with Crippen molar-refractivity contribution >= 4 is 0 Å². The third-order valence-electron chi connectivity index (χ3n) is 3.04. The summed E-state index contributed by atoms with van der Waals surface area (Å²) in [5.74, 6) is 1.42. The minimum Gasteiger partial charge on any atom is -0.455 e. The van der Waals surface area contributed by atoms with Crippen molar-refractivity contribution in [3.8, 4) is 17.6 Å². The largest absolute Gasteiger partial charge is 0.455 e. The molecule has 0 unspecified atom stereocenters. The van der Waals surface area contributed by atoms with Crippen LogP contribution in [0.25, 0.3) is 0 Å². The highest BCUT2D eigenvalue weighted by Crippen LogP contribution is 2.29. The van der Waals surface area contributed by atoms with E-state index in [1.807, 2.05) is 45.0 Å². The van der Waals surface area contributed by atoms with Crippen LogP contribution in [-0.2, 0) is 0 Å². The lowest BCUT2D eigenvalue weighted by Crippen LogP contribution is -2.06. The van der Waals surface area contributed by atoms with Gasteiger partial charge < -0.3 is 10.5 Å². The van der Waals surface area contributed by atoms with E-state index in [1.54, 1.807) is 6.20 Å². The van der Waals surface area contributed by atoms with Gasteiger partial charge in [-0.05, 0) is 56.2 Å². The molecule has 0 aliphatic rings. The maximum atomic E-state index is 8.94. The molecule has 2 rings (SSSR count). The van der Waals surface area contributed by atoms with Crippen molar-refractivity contribution in [2.45, 2.75) is 26.8 Å². The lowest BCUT2D eigenvalue weighted by molar-refractivity contribution is 0.472. The van der Waals surface area contributed by atoms with Crippen LogP contribution in [-0.4, -0.2) is 4.98 Å².